The number of anilines is 1. The van der Waals surface area contributed by atoms with Gasteiger partial charge in [-0.25, -0.2) is 0 Å². The number of unbranched alkanes of at least 4 members (excludes halogenated alkanes) is 3. The van der Waals surface area contributed by atoms with Crippen molar-refractivity contribution in [2.45, 2.75) is 32.6 Å². The maximum atomic E-state index is 12.5. The molecule has 0 saturated carbocycles. The molecule has 0 atom stereocenters. The third kappa shape index (κ3) is 6.92. The maximum Gasteiger partial charge on any atom is 0.261 e. The molecule has 2 aromatic rings. The Kier molecular flexibility index (Phi) is 8.84. The van der Waals surface area contributed by atoms with Gasteiger partial charge in [0.2, 0.25) is 0 Å². The molecule has 0 unspecified atom stereocenters. The molecular weight excluding hydrogens is 459 g/mol. The number of rotatable bonds is 8. The minimum Gasteiger partial charge on any atom is -0.493 e. The summed E-state index contributed by atoms with van der Waals surface area (Å²) in [6.07, 6.45) is 4.50. The minimum absolute atomic E-state index is 0.258. The number of amides is 1. The molecule has 0 saturated heterocycles. The minimum atomic E-state index is -0.280. The van der Waals surface area contributed by atoms with Crippen LogP contribution in [0.15, 0.2) is 48.5 Å². The van der Waals surface area contributed by atoms with Gasteiger partial charge in [0.25, 0.3) is 5.91 Å². The number of hydrogen-bond acceptors (Lipinski definition) is 3. The fourth-order valence-corrected chi connectivity index (χ4v) is 2.93. The highest BCUT2D eigenvalue weighted by molar-refractivity contribution is 14.1. The van der Waals surface area contributed by atoms with E-state index >= 15 is 0 Å². The number of nitrogens with one attached hydrogen (secondary N) is 2. The second-order valence-electron chi connectivity index (χ2n) is 5.82. The van der Waals surface area contributed by atoms with Crippen molar-refractivity contribution in [1.82, 2.24) is 5.32 Å². The molecule has 0 bridgehead atoms. The van der Waals surface area contributed by atoms with Crippen LogP contribution in [0.1, 0.15) is 43.0 Å². The average molecular weight is 482 g/mol. The standard InChI is InChI=1S/C20H23IN2O2S/c1-2-3-4-7-14-25-18-9-6-5-8-17(18)19(24)23-20(26)22-16-12-10-15(21)11-13-16/h5-6,8-13H,2-4,7,14H2,1H3,(H2,22,23,24,26). The van der Waals surface area contributed by atoms with Crippen LogP contribution < -0.4 is 15.4 Å². The molecule has 0 aliphatic heterocycles. The molecule has 138 valence electrons. The van der Waals surface area contributed by atoms with Crippen molar-refractivity contribution in [2.24, 2.45) is 0 Å². The lowest BCUT2D eigenvalue weighted by Gasteiger charge is -2.13. The molecule has 0 fully saturated rings. The van der Waals surface area contributed by atoms with E-state index in [4.69, 9.17) is 17.0 Å². The van der Waals surface area contributed by atoms with E-state index in [1.165, 1.54) is 12.8 Å². The van der Waals surface area contributed by atoms with E-state index in [0.29, 0.717) is 17.9 Å². The van der Waals surface area contributed by atoms with Gasteiger partial charge in [-0.05, 0) is 77.6 Å². The second kappa shape index (κ2) is 11.1. The second-order valence-corrected chi connectivity index (χ2v) is 7.47. The van der Waals surface area contributed by atoms with Crippen LogP contribution in [0.5, 0.6) is 5.75 Å². The van der Waals surface area contributed by atoms with E-state index in [0.717, 1.165) is 22.1 Å². The zero-order valence-electron chi connectivity index (χ0n) is 14.8. The summed E-state index contributed by atoms with van der Waals surface area (Å²) >= 11 is 7.47. The number of thiocarbonyl (C=S) groups is 1. The van der Waals surface area contributed by atoms with Gasteiger partial charge in [0.15, 0.2) is 5.11 Å². The van der Waals surface area contributed by atoms with E-state index < -0.39 is 0 Å². The van der Waals surface area contributed by atoms with Gasteiger partial charge in [-0.15, -0.1) is 0 Å². The molecule has 0 aliphatic carbocycles. The summed E-state index contributed by atoms with van der Waals surface area (Å²) in [6.45, 7) is 2.78. The van der Waals surface area contributed by atoms with E-state index in [-0.39, 0.29) is 11.0 Å². The summed E-state index contributed by atoms with van der Waals surface area (Å²) < 4.78 is 6.93. The van der Waals surface area contributed by atoms with Crippen LogP contribution in [-0.4, -0.2) is 17.6 Å². The Morgan fingerprint density at radius 1 is 1.08 bits per heavy atom. The molecule has 4 nitrogen and oxygen atoms in total. The van der Waals surface area contributed by atoms with E-state index in [1.807, 2.05) is 42.5 Å². The van der Waals surface area contributed by atoms with Gasteiger partial charge in [0, 0.05) is 9.26 Å². The first kappa shape index (κ1) is 20.6. The predicted octanol–water partition coefficient (Wildman–Crippen LogP) is 5.38. The Morgan fingerprint density at radius 3 is 2.54 bits per heavy atom. The van der Waals surface area contributed by atoms with Crippen LogP contribution in [0.4, 0.5) is 5.69 Å². The third-order valence-electron chi connectivity index (χ3n) is 3.72. The van der Waals surface area contributed by atoms with Gasteiger partial charge < -0.3 is 10.1 Å². The summed E-state index contributed by atoms with van der Waals surface area (Å²) in [5.41, 5.74) is 1.31. The van der Waals surface area contributed by atoms with Gasteiger partial charge in [-0.1, -0.05) is 38.3 Å². The highest BCUT2D eigenvalue weighted by Gasteiger charge is 2.13. The molecule has 0 aromatic heterocycles. The molecule has 2 rings (SSSR count). The number of halogens is 1. The molecular formula is C20H23IN2O2S. The Bertz CT molecular complexity index is 735. The van der Waals surface area contributed by atoms with Crippen molar-refractivity contribution in [3.05, 3.63) is 57.7 Å². The first-order valence-electron chi connectivity index (χ1n) is 8.70. The van der Waals surface area contributed by atoms with Crippen LogP contribution >= 0.6 is 34.8 Å². The fraction of sp³-hybridized carbons (Fsp3) is 0.300. The van der Waals surface area contributed by atoms with Crippen molar-refractivity contribution >= 4 is 51.5 Å². The summed E-state index contributed by atoms with van der Waals surface area (Å²) in [5, 5.41) is 5.98. The smallest absolute Gasteiger partial charge is 0.261 e. The number of benzene rings is 2. The van der Waals surface area contributed by atoms with Crippen LogP contribution in [-0.2, 0) is 0 Å². The van der Waals surface area contributed by atoms with Crippen molar-refractivity contribution in [3.63, 3.8) is 0 Å². The first-order chi connectivity index (χ1) is 12.6. The van der Waals surface area contributed by atoms with E-state index in [9.17, 15) is 4.79 Å². The van der Waals surface area contributed by atoms with E-state index in [1.54, 1.807) is 6.07 Å². The Labute approximate surface area is 173 Å². The lowest BCUT2D eigenvalue weighted by atomic mass is 10.2. The van der Waals surface area contributed by atoms with Gasteiger partial charge >= 0.3 is 0 Å². The zero-order chi connectivity index (χ0) is 18.8. The van der Waals surface area contributed by atoms with Crippen LogP contribution in [0.3, 0.4) is 0 Å². The van der Waals surface area contributed by atoms with Crippen LogP contribution in [0.25, 0.3) is 0 Å². The number of para-hydroxylation sites is 1. The van der Waals surface area contributed by atoms with Crippen molar-refractivity contribution in [1.29, 1.82) is 0 Å². The first-order valence-corrected chi connectivity index (χ1v) is 10.2. The SMILES string of the molecule is CCCCCCOc1ccccc1C(=O)NC(=S)Nc1ccc(I)cc1. The Balaban J connectivity index is 1.91. The highest BCUT2D eigenvalue weighted by atomic mass is 127. The van der Waals surface area contributed by atoms with Crippen molar-refractivity contribution in [3.8, 4) is 5.75 Å². The molecule has 0 spiro atoms. The number of carbonyl (C=O) groups is 1. The van der Waals surface area contributed by atoms with Gasteiger partial charge in [0.05, 0.1) is 12.2 Å². The molecule has 26 heavy (non-hydrogen) atoms. The topological polar surface area (TPSA) is 50.4 Å². The molecule has 2 aromatic carbocycles. The maximum absolute atomic E-state index is 12.5. The number of ether oxygens (including phenoxy) is 1. The monoisotopic (exact) mass is 482 g/mol. The van der Waals surface area contributed by atoms with Gasteiger partial charge in [0.1, 0.15) is 5.75 Å². The molecule has 0 heterocycles. The van der Waals surface area contributed by atoms with Gasteiger partial charge in [-0.3, -0.25) is 10.1 Å². The number of carbonyl (C=O) groups excluding carboxylic acids is 1. The summed E-state index contributed by atoms with van der Waals surface area (Å²) in [7, 11) is 0. The predicted molar refractivity (Wildman–Crippen MR) is 119 cm³/mol. The lowest BCUT2D eigenvalue weighted by Crippen LogP contribution is -2.34. The van der Waals surface area contributed by atoms with Crippen molar-refractivity contribution < 1.29 is 9.53 Å². The fourth-order valence-electron chi connectivity index (χ4n) is 2.36. The van der Waals surface area contributed by atoms with Gasteiger partial charge in [-0.2, -0.15) is 0 Å². The summed E-state index contributed by atoms with van der Waals surface area (Å²) in [5.74, 6) is 0.302. The Hall–Kier alpha value is -1.67. The highest BCUT2D eigenvalue weighted by Crippen LogP contribution is 2.18. The Morgan fingerprint density at radius 2 is 1.81 bits per heavy atom. The molecule has 0 aliphatic rings. The third-order valence-corrected chi connectivity index (χ3v) is 4.64. The zero-order valence-corrected chi connectivity index (χ0v) is 17.7. The molecule has 1 amide bonds. The molecule has 0 radical (unpaired) electrons. The normalized spacial score (nSPS) is 10.2. The quantitative estimate of drug-likeness (QED) is 0.302. The molecule has 6 heteroatoms. The van der Waals surface area contributed by atoms with Crippen LogP contribution in [0.2, 0.25) is 0 Å². The lowest BCUT2D eigenvalue weighted by molar-refractivity contribution is 0.0973. The largest absolute Gasteiger partial charge is 0.493 e. The van der Waals surface area contributed by atoms with Crippen LogP contribution in [0, 0.1) is 3.57 Å². The van der Waals surface area contributed by atoms with E-state index in [2.05, 4.69) is 40.1 Å². The summed E-state index contributed by atoms with van der Waals surface area (Å²) in [4.78, 5) is 12.5. The summed E-state index contributed by atoms with van der Waals surface area (Å²) in [6, 6.07) is 15.0. The van der Waals surface area contributed by atoms with Crippen molar-refractivity contribution in [2.75, 3.05) is 11.9 Å². The molecule has 2 N–H and O–H groups in total. The number of hydrogen-bond donors (Lipinski definition) is 2. The average Bonchev–Trinajstić information content (AvgIpc) is 2.63.